The highest BCUT2D eigenvalue weighted by molar-refractivity contribution is 5.90. The molecule has 0 aromatic heterocycles. The van der Waals surface area contributed by atoms with Crippen LogP contribution in [0.15, 0.2) is 97.1 Å². The molecule has 0 bridgehead atoms. The molecule has 0 radical (unpaired) electrons. The highest BCUT2D eigenvalue weighted by Gasteiger charge is 2.31. The number of para-hydroxylation sites is 1. The normalized spacial score (nSPS) is 13.8. The molecule has 0 spiro atoms. The molecule has 0 N–H and O–H groups in total. The average molecular weight is 540 g/mol. The van der Waals surface area contributed by atoms with Crippen LogP contribution in [-0.2, 0) is 13.0 Å². The number of hydrogen-bond donors (Lipinski definition) is 0. The van der Waals surface area contributed by atoms with E-state index in [9.17, 15) is 14.9 Å². The number of nitro benzene ring substituents is 1. The van der Waals surface area contributed by atoms with Gasteiger partial charge in [-0.15, -0.1) is 0 Å². The third-order valence-electron chi connectivity index (χ3n) is 6.94. The second-order valence-corrected chi connectivity index (χ2v) is 9.44. The third-order valence-corrected chi connectivity index (χ3v) is 6.94. The van der Waals surface area contributed by atoms with Gasteiger partial charge in [-0.2, -0.15) is 0 Å². The fourth-order valence-electron chi connectivity index (χ4n) is 4.77. The summed E-state index contributed by atoms with van der Waals surface area (Å²) in [6, 6.07) is 28.7. The van der Waals surface area contributed by atoms with Crippen LogP contribution in [0.3, 0.4) is 0 Å². The van der Waals surface area contributed by atoms with Gasteiger partial charge in [0.05, 0.1) is 23.8 Å². The number of benzene rings is 4. The molecule has 40 heavy (non-hydrogen) atoms. The maximum Gasteiger partial charge on any atom is 0.419 e. The van der Waals surface area contributed by atoms with Gasteiger partial charge in [0, 0.05) is 37.5 Å². The van der Waals surface area contributed by atoms with Crippen molar-refractivity contribution in [3.05, 3.63) is 118 Å². The largest absolute Gasteiger partial charge is 0.493 e. The Hall–Kier alpha value is -5.05. The molecule has 1 atom stereocenters. The van der Waals surface area contributed by atoms with Gasteiger partial charge in [0.25, 0.3) is 5.69 Å². The minimum absolute atomic E-state index is 0.00222. The molecule has 204 valence electrons. The molecular weight excluding hydrogens is 510 g/mol. The number of non-ortho nitro benzene ring substituents is 1. The van der Waals surface area contributed by atoms with Crippen molar-refractivity contribution in [2.24, 2.45) is 0 Å². The maximum absolute atomic E-state index is 13.6. The Kier molecular flexibility index (Phi) is 7.82. The van der Waals surface area contributed by atoms with E-state index in [1.54, 1.807) is 30.2 Å². The van der Waals surface area contributed by atoms with Crippen LogP contribution in [-0.4, -0.2) is 37.8 Å². The number of nitrogens with zero attached hydrogens (tertiary/aromatic N) is 3. The first-order chi connectivity index (χ1) is 19.4. The Bertz CT molecular complexity index is 1490. The number of rotatable bonds is 9. The Morgan fingerprint density at radius 1 is 0.975 bits per heavy atom. The molecule has 5 rings (SSSR count). The first kappa shape index (κ1) is 26.6. The van der Waals surface area contributed by atoms with E-state index in [4.69, 9.17) is 14.2 Å². The minimum Gasteiger partial charge on any atom is -0.493 e. The van der Waals surface area contributed by atoms with Crippen LogP contribution >= 0.6 is 0 Å². The zero-order chi connectivity index (χ0) is 28.1. The van der Waals surface area contributed by atoms with Crippen molar-refractivity contribution in [3.63, 3.8) is 0 Å². The molecular formula is C31H29N3O6. The summed E-state index contributed by atoms with van der Waals surface area (Å²) in [6.07, 6.45) is 0.152. The van der Waals surface area contributed by atoms with Crippen LogP contribution in [0.25, 0.3) is 0 Å². The molecule has 1 aliphatic rings. The number of hydrogen-bond acceptors (Lipinski definition) is 7. The standard InChI is InChI=1S/C31H29N3O6/c1-32-26(18-23-10-6-7-11-28(23)32)20-33(31(35)40-27-15-12-24(13-16-27)34(36)37)25-14-17-29(38-2)30(19-25)39-21-22-8-4-3-5-9-22/h3-17,19,26H,18,20-21H2,1-2H3. The zero-order valence-corrected chi connectivity index (χ0v) is 22.2. The second-order valence-electron chi connectivity index (χ2n) is 9.44. The molecule has 0 saturated heterocycles. The zero-order valence-electron chi connectivity index (χ0n) is 22.2. The molecule has 4 aromatic carbocycles. The SMILES string of the molecule is COc1ccc(N(CC2Cc3ccccc3N2C)C(=O)Oc2ccc([N+](=O)[O-])cc2)cc1OCc1ccccc1. The lowest BCUT2D eigenvalue weighted by atomic mass is 10.1. The number of carbonyl (C=O) groups is 1. The fourth-order valence-corrected chi connectivity index (χ4v) is 4.77. The van der Waals surface area contributed by atoms with Crippen LogP contribution < -0.4 is 24.0 Å². The van der Waals surface area contributed by atoms with Crippen molar-refractivity contribution in [1.82, 2.24) is 0 Å². The highest BCUT2D eigenvalue weighted by atomic mass is 16.6. The van der Waals surface area contributed by atoms with Crippen molar-refractivity contribution in [1.29, 1.82) is 0 Å². The van der Waals surface area contributed by atoms with E-state index in [2.05, 4.69) is 17.0 Å². The molecule has 1 unspecified atom stereocenters. The summed E-state index contributed by atoms with van der Waals surface area (Å²) in [5, 5.41) is 11.0. The van der Waals surface area contributed by atoms with Crippen LogP contribution in [0.2, 0.25) is 0 Å². The molecule has 0 aliphatic carbocycles. The van der Waals surface area contributed by atoms with Gasteiger partial charge in [-0.3, -0.25) is 15.0 Å². The number of carbonyl (C=O) groups excluding carboxylic acids is 1. The predicted octanol–water partition coefficient (Wildman–Crippen LogP) is 6.25. The first-order valence-electron chi connectivity index (χ1n) is 12.8. The summed E-state index contributed by atoms with van der Waals surface area (Å²) in [5.41, 5.74) is 3.81. The molecule has 0 saturated carbocycles. The number of nitro groups is 1. The van der Waals surface area contributed by atoms with E-state index < -0.39 is 11.0 Å². The van der Waals surface area contributed by atoms with E-state index in [0.29, 0.717) is 30.3 Å². The van der Waals surface area contributed by atoms with E-state index in [0.717, 1.165) is 17.7 Å². The topological polar surface area (TPSA) is 94.4 Å². The van der Waals surface area contributed by atoms with Gasteiger partial charge < -0.3 is 19.1 Å². The number of ether oxygens (including phenoxy) is 3. The second kappa shape index (κ2) is 11.8. The Balaban J connectivity index is 1.43. The number of anilines is 2. The first-order valence-corrected chi connectivity index (χ1v) is 12.8. The van der Waals surface area contributed by atoms with Gasteiger partial charge in [-0.05, 0) is 47.9 Å². The highest BCUT2D eigenvalue weighted by Crippen LogP contribution is 2.35. The molecule has 1 heterocycles. The number of methoxy groups -OCH3 is 1. The summed E-state index contributed by atoms with van der Waals surface area (Å²) in [7, 11) is 3.58. The van der Waals surface area contributed by atoms with Crippen molar-refractivity contribution in [2.45, 2.75) is 19.1 Å². The van der Waals surface area contributed by atoms with Crippen molar-refractivity contribution < 1.29 is 23.9 Å². The Morgan fingerprint density at radius 2 is 1.70 bits per heavy atom. The third kappa shape index (κ3) is 5.83. The predicted molar refractivity (Wildman–Crippen MR) is 153 cm³/mol. The van der Waals surface area contributed by atoms with Crippen LogP contribution in [0.1, 0.15) is 11.1 Å². The van der Waals surface area contributed by atoms with Gasteiger partial charge in [0.1, 0.15) is 12.4 Å². The Morgan fingerprint density at radius 3 is 2.40 bits per heavy atom. The van der Waals surface area contributed by atoms with E-state index in [1.807, 2.05) is 49.5 Å². The van der Waals surface area contributed by atoms with E-state index in [1.165, 1.54) is 29.8 Å². The maximum atomic E-state index is 13.6. The van der Waals surface area contributed by atoms with Crippen LogP contribution in [0, 0.1) is 10.1 Å². The molecule has 1 aliphatic heterocycles. The minimum atomic E-state index is -0.614. The number of amides is 1. The van der Waals surface area contributed by atoms with Gasteiger partial charge in [0.15, 0.2) is 11.5 Å². The lowest BCUT2D eigenvalue weighted by Gasteiger charge is -2.30. The molecule has 9 heteroatoms. The van der Waals surface area contributed by atoms with Gasteiger partial charge >= 0.3 is 6.09 Å². The summed E-state index contributed by atoms with van der Waals surface area (Å²) in [6.45, 7) is 0.663. The van der Waals surface area contributed by atoms with Crippen LogP contribution in [0.5, 0.6) is 17.2 Å². The van der Waals surface area contributed by atoms with Crippen molar-refractivity contribution in [3.8, 4) is 17.2 Å². The average Bonchev–Trinajstić information content (AvgIpc) is 3.30. The lowest BCUT2D eigenvalue weighted by molar-refractivity contribution is -0.384. The number of likely N-dealkylation sites (N-methyl/N-ethyl adjacent to an activating group) is 1. The van der Waals surface area contributed by atoms with Crippen LogP contribution in [0.4, 0.5) is 21.9 Å². The summed E-state index contributed by atoms with van der Waals surface area (Å²) < 4.78 is 17.3. The molecule has 0 fully saturated rings. The van der Waals surface area contributed by atoms with Crippen molar-refractivity contribution in [2.75, 3.05) is 30.5 Å². The fraction of sp³-hybridized carbons (Fsp3) is 0.194. The van der Waals surface area contributed by atoms with E-state index >= 15 is 0 Å². The summed E-state index contributed by atoms with van der Waals surface area (Å²) in [5.74, 6) is 1.23. The summed E-state index contributed by atoms with van der Waals surface area (Å²) >= 11 is 0. The smallest absolute Gasteiger partial charge is 0.419 e. The molecule has 1 amide bonds. The monoisotopic (exact) mass is 539 g/mol. The van der Waals surface area contributed by atoms with E-state index in [-0.39, 0.29) is 17.5 Å². The molecule has 9 nitrogen and oxygen atoms in total. The van der Waals surface area contributed by atoms with Gasteiger partial charge in [-0.25, -0.2) is 4.79 Å². The van der Waals surface area contributed by atoms with Gasteiger partial charge in [0.2, 0.25) is 0 Å². The molecule has 4 aromatic rings. The quantitative estimate of drug-likeness (QED) is 0.183. The summed E-state index contributed by atoms with van der Waals surface area (Å²) in [4.78, 5) is 27.9. The number of fused-ring (bicyclic) bond motifs is 1. The van der Waals surface area contributed by atoms with Gasteiger partial charge in [-0.1, -0.05) is 48.5 Å². The lowest BCUT2D eigenvalue weighted by Crippen LogP contribution is -2.44. The van der Waals surface area contributed by atoms with Crippen molar-refractivity contribution >= 4 is 23.2 Å². The Labute approximate surface area is 232 Å².